The maximum atomic E-state index is 13.1. The van der Waals surface area contributed by atoms with Gasteiger partial charge >= 0.3 is 0 Å². The first kappa shape index (κ1) is 18.9. The number of non-ortho nitro benzene ring substituents is 1. The maximum absolute atomic E-state index is 13.1. The van der Waals surface area contributed by atoms with Gasteiger partial charge in [0.15, 0.2) is 0 Å². The van der Waals surface area contributed by atoms with Gasteiger partial charge < -0.3 is 0 Å². The van der Waals surface area contributed by atoms with E-state index in [4.69, 9.17) is 0 Å². The zero-order valence-electron chi connectivity index (χ0n) is 14.3. The van der Waals surface area contributed by atoms with Gasteiger partial charge in [0, 0.05) is 12.1 Å². The average molecular weight is 359 g/mol. The largest absolute Gasteiger partial charge is 0.269 e. The highest BCUT2D eigenvalue weighted by molar-refractivity contribution is 8.00. The number of allylic oxidation sites excluding steroid dienone is 1. The first-order chi connectivity index (χ1) is 11.9. The Bertz CT molecular complexity index is 867. The fourth-order valence-corrected chi connectivity index (χ4v) is 3.94. The molecule has 0 unspecified atom stereocenters. The summed E-state index contributed by atoms with van der Waals surface area (Å²) in [5, 5.41) is 10.8. The van der Waals surface area contributed by atoms with Gasteiger partial charge in [-0.05, 0) is 43.2 Å². The smallest absolute Gasteiger partial charge is 0.258 e. The van der Waals surface area contributed by atoms with Gasteiger partial charge in [-0.25, -0.2) is 8.42 Å². The highest BCUT2D eigenvalue weighted by Gasteiger charge is 2.22. The molecule has 6 heteroatoms. The Labute approximate surface area is 148 Å². The summed E-state index contributed by atoms with van der Waals surface area (Å²) in [4.78, 5) is 10.7. The van der Waals surface area contributed by atoms with E-state index in [0.29, 0.717) is 12.0 Å². The lowest BCUT2D eigenvalue weighted by atomic mass is 10.1. The Hall–Kier alpha value is -2.47. The molecule has 0 aliphatic rings. The van der Waals surface area contributed by atoms with Crippen LogP contribution in [0.1, 0.15) is 37.3 Å². The second-order valence-corrected chi connectivity index (χ2v) is 7.75. The van der Waals surface area contributed by atoms with Crippen molar-refractivity contribution in [2.75, 3.05) is 0 Å². The third-order valence-corrected chi connectivity index (χ3v) is 5.75. The summed E-state index contributed by atoms with van der Waals surface area (Å²) in [7, 11) is -3.69. The van der Waals surface area contributed by atoms with Gasteiger partial charge in [0.2, 0.25) is 9.84 Å². The number of sulfone groups is 1. The average Bonchev–Trinajstić information content (AvgIpc) is 2.59. The lowest BCUT2D eigenvalue weighted by Crippen LogP contribution is -2.05. The number of hydrogen-bond donors (Lipinski definition) is 0. The van der Waals surface area contributed by atoms with Crippen molar-refractivity contribution in [1.82, 2.24) is 0 Å². The minimum absolute atomic E-state index is 0.0654. The number of rotatable bonds is 7. The van der Waals surface area contributed by atoms with Gasteiger partial charge in [0.1, 0.15) is 0 Å². The number of aryl methyl sites for hydroxylation is 1. The summed E-state index contributed by atoms with van der Waals surface area (Å²) in [6, 6.07) is 12.3. The van der Waals surface area contributed by atoms with Crippen LogP contribution in [0.4, 0.5) is 5.69 Å². The maximum Gasteiger partial charge on any atom is 0.269 e. The monoisotopic (exact) mass is 359 g/mol. The van der Waals surface area contributed by atoms with Crippen molar-refractivity contribution in [1.29, 1.82) is 0 Å². The van der Waals surface area contributed by atoms with Crippen molar-refractivity contribution >= 4 is 20.4 Å². The Morgan fingerprint density at radius 1 is 1.08 bits per heavy atom. The first-order valence-electron chi connectivity index (χ1n) is 8.13. The van der Waals surface area contributed by atoms with E-state index in [1.807, 2.05) is 13.8 Å². The predicted octanol–water partition coefficient (Wildman–Crippen LogP) is 4.91. The highest BCUT2D eigenvalue weighted by atomic mass is 32.2. The van der Waals surface area contributed by atoms with Crippen LogP contribution in [0, 0.1) is 17.0 Å². The number of nitro groups is 1. The van der Waals surface area contributed by atoms with Crippen LogP contribution in [0.25, 0.3) is 4.91 Å². The standard InChI is InChI=1S/C19H21NO4S/c1-3-4-5-6-19(16-9-11-17(12-10-16)20(21)22)25(23,24)18-13-7-15(2)8-14-18/h6-14H,3-5H2,1-2H3/b19-6-. The molecule has 2 aromatic carbocycles. The van der Waals surface area contributed by atoms with Crippen LogP contribution in [0.15, 0.2) is 59.5 Å². The molecule has 2 aromatic rings. The molecule has 25 heavy (non-hydrogen) atoms. The molecule has 0 bridgehead atoms. The molecule has 0 radical (unpaired) electrons. The second kappa shape index (κ2) is 8.07. The van der Waals surface area contributed by atoms with E-state index >= 15 is 0 Å². The molecular formula is C19H21NO4S. The summed E-state index contributed by atoms with van der Waals surface area (Å²) < 4.78 is 26.1. The third kappa shape index (κ3) is 4.54. The fourth-order valence-electron chi connectivity index (χ4n) is 2.41. The SMILES string of the molecule is CCCC/C=C(/c1ccc([N+](=O)[O-])cc1)S(=O)(=O)c1ccc(C)cc1. The Morgan fingerprint density at radius 2 is 1.68 bits per heavy atom. The normalized spacial score (nSPS) is 12.2. The summed E-state index contributed by atoms with van der Waals surface area (Å²) in [6.07, 6.45) is 4.17. The van der Waals surface area contributed by atoms with E-state index in [1.165, 1.54) is 24.3 Å². The number of unbranched alkanes of at least 4 members (excludes halogenated alkanes) is 2. The van der Waals surface area contributed by atoms with Gasteiger partial charge in [0.05, 0.1) is 14.7 Å². The van der Waals surface area contributed by atoms with Crippen LogP contribution in [0.5, 0.6) is 0 Å². The van der Waals surface area contributed by atoms with Gasteiger partial charge in [-0.1, -0.05) is 43.5 Å². The predicted molar refractivity (Wildman–Crippen MR) is 99.0 cm³/mol. The molecule has 0 amide bonds. The van der Waals surface area contributed by atoms with Crippen LogP contribution in [0.3, 0.4) is 0 Å². The molecule has 0 aliphatic heterocycles. The number of nitro benzene ring substituents is 1. The van der Waals surface area contributed by atoms with Crippen molar-refractivity contribution in [3.05, 3.63) is 75.8 Å². The molecule has 0 atom stereocenters. The molecule has 132 valence electrons. The van der Waals surface area contributed by atoms with Crippen molar-refractivity contribution in [2.45, 2.75) is 38.0 Å². The summed E-state index contributed by atoms with van der Waals surface area (Å²) >= 11 is 0. The molecule has 0 saturated carbocycles. The van der Waals surface area contributed by atoms with Crippen molar-refractivity contribution in [3.63, 3.8) is 0 Å². The Kier molecular flexibility index (Phi) is 6.09. The lowest BCUT2D eigenvalue weighted by molar-refractivity contribution is -0.384. The molecule has 5 nitrogen and oxygen atoms in total. The van der Waals surface area contributed by atoms with E-state index in [0.717, 1.165) is 18.4 Å². The molecule has 0 aliphatic carbocycles. The quantitative estimate of drug-likeness (QED) is 0.400. The van der Waals surface area contributed by atoms with Crippen LogP contribution < -0.4 is 0 Å². The number of nitrogens with zero attached hydrogens (tertiary/aromatic N) is 1. The molecule has 0 aromatic heterocycles. The summed E-state index contributed by atoms with van der Waals surface area (Å²) in [6.45, 7) is 3.93. The molecule has 0 heterocycles. The number of hydrogen-bond acceptors (Lipinski definition) is 4. The zero-order valence-corrected chi connectivity index (χ0v) is 15.1. The van der Waals surface area contributed by atoms with Gasteiger partial charge in [-0.15, -0.1) is 0 Å². The second-order valence-electron chi connectivity index (χ2n) is 5.83. The van der Waals surface area contributed by atoms with Crippen LogP contribution in [-0.2, 0) is 9.84 Å². The van der Waals surface area contributed by atoms with E-state index in [-0.39, 0.29) is 15.5 Å². The van der Waals surface area contributed by atoms with Gasteiger partial charge in [-0.3, -0.25) is 10.1 Å². The lowest BCUT2D eigenvalue weighted by Gasteiger charge is -2.10. The van der Waals surface area contributed by atoms with E-state index in [9.17, 15) is 18.5 Å². The van der Waals surface area contributed by atoms with Crippen molar-refractivity contribution < 1.29 is 13.3 Å². The fraction of sp³-hybridized carbons (Fsp3) is 0.263. The Morgan fingerprint density at radius 3 is 2.20 bits per heavy atom. The zero-order chi connectivity index (χ0) is 18.4. The minimum atomic E-state index is -3.69. The highest BCUT2D eigenvalue weighted by Crippen LogP contribution is 2.30. The van der Waals surface area contributed by atoms with E-state index in [1.54, 1.807) is 30.3 Å². The molecular weight excluding hydrogens is 338 g/mol. The van der Waals surface area contributed by atoms with Crippen molar-refractivity contribution in [3.8, 4) is 0 Å². The van der Waals surface area contributed by atoms with Gasteiger partial charge in [-0.2, -0.15) is 0 Å². The van der Waals surface area contributed by atoms with Gasteiger partial charge in [0.25, 0.3) is 5.69 Å². The molecule has 0 N–H and O–H groups in total. The molecule has 0 spiro atoms. The summed E-state index contributed by atoms with van der Waals surface area (Å²) in [5.74, 6) is 0. The Balaban J connectivity index is 2.50. The van der Waals surface area contributed by atoms with Crippen LogP contribution in [-0.4, -0.2) is 13.3 Å². The van der Waals surface area contributed by atoms with Crippen molar-refractivity contribution in [2.24, 2.45) is 0 Å². The van der Waals surface area contributed by atoms with E-state index < -0.39 is 14.8 Å². The molecule has 2 rings (SSSR count). The van der Waals surface area contributed by atoms with E-state index in [2.05, 4.69) is 0 Å². The summed E-state index contributed by atoms with van der Waals surface area (Å²) in [5.41, 5.74) is 1.37. The third-order valence-electron chi connectivity index (χ3n) is 3.87. The van der Waals surface area contributed by atoms with Crippen LogP contribution in [0.2, 0.25) is 0 Å². The topological polar surface area (TPSA) is 77.3 Å². The number of benzene rings is 2. The molecule has 0 fully saturated rings. The molecule has 0 saturated heterocycles. The minimum Gasteiger partial charge on any atom is -0.258 e. The van der Waals surface area contributed by atoms with Crippen LogP contribution >= 0.6 is 0 Å². The first-order valence-corrected chi connectivity index (χ1v) is 9.61.